The van der Waals surface area contributed by atoms with Gasteiger partial charge in [0.1, 0.15) is 11.6 Å². The third-order valence-electron chi connectivity index (χ3n) is 3.58. The van der Waals surface area contributed by atoms with E-state index in [0.717, 1.165) is 38.3 Å². The summed E-state index contributed by atoms with van der Waals surface area (Å²) in [5, 5.41) is 8.85. The van der Waals surface area contributed by atoms with Gasteiger partial charge in [-0.3, -0.25) is 4.90 Å². The number of hydrogen-bond donors (Lipinski definition) is 1. The Morgan fingerprint density at radius 2 is 2.17 bits per heavy atom. The first-order valence-electron chi connectivity index (χ1n) is 6.49. The molecule has 1 aromatic rings. The van der Waals surface area contributed by atoms with Gasteiger partial charge in [0.25, 0.3) is 0 Å². The van der Waals surface area contributed by atoms with Gasteiger partial charge in [-0.2, -0.15) is 0 Å². The average Bonchev–Trinajstić information content (AvgIpc) is 2.79. The fourth-order valence-electron chi connectivity index (χ4n) is 2.64. The van der Waals surface area contributed by atoms with Crippen LogP contribution in [0.3, 0.4) is 0 Å². The van der Waals surface area contributed by atoms with Crippen molar-refractivity contribution in [3.05, 3.63) is 35.4 Å². The van der Waals surface area contributed by atoms with Crippen LogP contribution in [0.4, 0.5) is 8.78 Å². The second-order valence-corrected chi connectivity index (χ2v) is 4.87. The minimum Gasteiger partial charge on any atom is -0.396 e. The quantitative estimate of drug-likeness (QED) is 0.874. The molecule has 1 aromatic carbocycles. The van der Waals surface area contributed by atoms with Crippen molar-refractivity contribution in [2.24, 2.45) is 0 Å². The van der Waals surface area contributed by atoms with E-state index in [2.05, 4.69) is 4.90 Å². The van der Waals surface area contributed by atoms with Crippen LogP contribution in [0.1, 0.15) is 31.2 Å². The van der Waals surface area contributed by atoms with E-state index in [1.54, 1.807) is 0 Å². The van der Waals surface area contributed by atoms with Crippen LogP contribution < -0.4 is 0 Å². The predicted molar refractivity (Wildman–Crippen MR) is 66.1 cm³/mol. The highest BCUT2D eigenvalue weighted by molar-refractivity contribution is 5.18. The van der Waals surface area contributed by atoms with Gasteiger partial charge in [0, 0.05) is 24.8 Å². The Bertz CT molecular complexity index is 397. The summed E-state index contributed by atoms with van der Waals surface area (Å²) in [7, 11) is 0. The molecular formula is C14H19F2NO. The second-order valence-electron chi connectivity index (χ2n) is 4.87. The maximum Gasteiger partial charge on any atom is 0.127 e. The van der Waals surface area contributed by atoms with Crippen molar-refractivity contribution < 1.29 is 13.9 Å². The Kier molecular flexibility index (Phi) is 4.66. The predicted octanol–water partition coefficient (Wildman–Crippen LogP) is 2.70. The van der Waals surface area contributed by atoms with Gasteiger partial charge in [-0.05, 0) is 50.4 Å². The normalized spacial score (nSPS) is 20.5. The molecule has 4 heteroatoms. The first kappa shape index (κ1) is 13.4. The molecule has 1 N–H and O–H groups in total. The van der Waals surface area contributed by atoms with Gasteiger partial charge in [-0.15, -0.1) is 0 Å². The molecule has 1 fully saturated rings. The summed E-state index contributed by atoms with van der Waals surface area (Å²) < 4.78 is 26.7. The van der Waals surface area contributed by atoms with Crippen LogP contribution in [0.5, 0.6) is 0 Å². The van der Waals surface area contributed by atoms with Crippen molar-refractivity contribution in [1.82, 2.24) is 4.90 Å². The van der Waals surface area contributed by atoms with Crippen LogP contribution >= 0.6 is 0 Å². The molecule has 0 amide bonds. The Morgan fingerprint density at radius 3 is 2.94 bits per heavy atom. The van der Waals surface area contributed by atoms with Crippen molar-refractivity contribution >= 4 is 0 Å². The summed E-state index contributed by atoms with van der Waals surface area (Å²) in [6.45, 7) is 1.57. The molecule has 18 heavy (non-hydrogen) atoms. The molecule has 1 atom stereocenters. The SMILES string of the molecule is OCCCC1CCCN1Cc1cc(F)ccc1F. The molecule has 0 radical (unpaired) electrons. The third-order valence-corrected chi connectivity index (χ3v) is 3.58. The van der Waals surface area contributed by atoms with E-state index >= 15 is 0 Å². The molecule has 1 saturated heterocycles. The van der Waals surface area contributed by atoms with E-state index in [4.69, 9.17) is 5.11 Å². The van der Waals surface area contributed by atoms with E-state index in [1.807, 2.05) is 0 Å². The minimum atomic E-state index is -0.391. The smallest absolute Gasteiger partial charge is 0.127 e. The summed E-state index contributed by atoms with van der Waals surface area (Å²) >= 11 is 0. The lowest BCUT2D eigenvalue weighted by molar-refractivity contribution is 0.208. The van der Waals surface area contributed by atoms with Crippen molar-refractivity contribution in [2.45, 2.75) is 38.3 Å². The van der Waals surface area contributed by atoms with E-state index in [0.29, 0.717) is 18.2 Å². The Labute approximate surface area is 106 Å². The molecule has 1 unspecified atom stereocenters. The molecule has 2 nitrogen and oxygen atoms in total. The first-order chi connectivity index (χ1) is 8.70. The zero-order valence-electron chi connectivity index (χ0n) is 10.4. The number of aliphatic hydroxyl groups is 1. The zero-order valence-corrected chi connectivity index (χ0v) is 10.4. The fraction of sp³-hybridized carbons (Fsp3) is 0.571. The molecule has 2 rings (SSSR count). The number of likely N-dealkylation sites (tertiary alicyclic amines) is 1. The monoisotopic (exact) mass is 255 g/mol. The molecule has 100 valence electrons. The molecule has 1 heterocycles. The maximum absolute atomic E-state index is 13.6. The van der Waals surface area contributed by atoms with E-state index < -0.39 is 5.82 Å². The highest BCUT2D eigenvalue weighted by atomic mass is 19.1. The molecular weight excluding hydrogens is 236 g/mol. The third kappa shape index (κ3) is 3.27. The standard InChI is InChI=1S/C14H19F2NO/c15-12-5-6-14(16)11(9-12)10-17-7-1-3-13(17)4-2-8-18/h5-6,9,13,18H,1-4,7-8,10H2. The van der Waals surface area contributed by atoms with Crippen LogP contribution in [0, 0.1) is 11.6 Å². The molecule has 0 saturated carbocycles. The van der Waals surface area contributed by atoms with E-state index in [9.17, 15) is 8.78 Å². The fourth-order valence-corrected chi connectivity index (χ4v) is 2.64. The lowest BCUT2D eigenvalue weighted by Crippen LogP contribution is -2.29. The number of aliphatic hydroxyl groups excluding tert-OH is 1. The van der Waals surface area contributed by atoms with E-state index in [-0.39, 0.29) is 12.4 Å². The van der Waals surface area contributed by atoms with Crippen molar-refractivity contribution in [3.63, 3.8) is 0 Å². The Morgan fingerprint density at radius 1 is 1.33 bits per heavy atom. The highest BCUT2D eigenvalue weighted by Crippen LogP contribution is 2.24. The molecule has 0 bridgehead atoms. The van der Waals surface area contributed by atoms with Gasteiger partial charge >= 0.3 is 0 Å². The minimum absolute atomic E-state index is 0.193. The second kappa shape index (κ2) is 6.25. The van der Waals surface area contributed by atoms with Crippen LogP contribution in [-0.2, 0) is 6.54 Å². The topological polar surface area (TPSA) is 23.5 Å². The molecule has 1 aliphatic rings. The van der Waals surface area contributed by atoms with Gasteiger partial charge in [-0.25, -0.2) is 8.78 Å². The summed E-state index contributed by atoms with van der Waals surface area (Å²) in [5.41, 5.74) is 0.422. The van der Waals surface area contributed by atoms with Gasteiger partial charge in [0.15, 0.2) is 0 Å². The van der Waals surface area contributed by atoms with Gasteiger partial charge in [0.05, 0.1) is 0 Å². The number of nitrogens with zero attached hydrogens (tertiary/aromatic N) is 1. The lowest BCUT2D eigenvalue weighted by atomic mass is 10.1. The number of benzene rings is 1. The summed E-state index contributed by atoms with van der Waals surface area (Å²) in [6, 6.07) is 3.99. The van der Waals surface area contributed by atoms with Crippen LogP contribution in [0.15, 0.2) is 18.2 Å². The zero-order chi connectivity index (χ0) is 13.0. The van der Waals surface area contributed by atoms with Crippen molar-refractivity contribution in [3.8, 4) is 0 Å². The number of rotatable bonds is 5. The first-order valence-corrected chi connectivity index (χ1v) is 6.49. The summed E-state index contributed by atoms with van der Waals surface area (Å²) in [5.74, 6) is -0.735. The molecule has 1 aliphatic heterocycles. The summed E-state index contributed by atoms with van der Waals surface area (Å²) in [6.07, 6.45) is 3.87. The highest BCUT2D eigenvalue weighted by Gasteiger charge is 2.24. The number of hydrogen-bond acceptors (Lipinski definition) is 2. The summed E-state index contributed by atoms with van der Waals surface area (Å²) in [4.78, 5) is 2.19. The van der Waals surface area contributed by atoms with E-state index in [1.165, 1.54) is 12.1 Å². The molecule has 0 aromatic heterocycles. The van der Waals surface area contributed by atoms with Crippen LogP contribution in [0.25, 0.3) is 0 Å². The Balaban J connectivity index is 2.01. The molecule has 0 spiro atoms. The van der Waals surface area contributed by atoms with Crippen LogP contribution in [-0.4, -0.2) is 29.2 Å². The molecule has 0 aliphatic carbocycles. The maximum atomic E-state index is 13.6. The lowest BCUT2D eigenvalue weighted by Gasteiger charge is -2.24. The van der Waals surface area contributed by atoms with Gasteiger partial charge < -0.3 is 5.11 Å². The van der Waals surface area contributed by atoms with Gasteiger partial charge in [0.2, 0.25) is 0 Å². The van der Waals surface area contributed by atoms with Gasteiger partial charge in [-0.1, -0.05) is 0 Å². The Hall–Kier alpha value is -1.00. The van der Waals surface area contributed by atoms with Crippen molar-refractivity contribution in [2.75, 3.05) is 13.2 Å². The average molecular weight is 255 g/mol. The van der Waals surface area contributed by atoms with Crippen LogP contribution in [0.2, 0.25) is 0 Å². The van der Waals surface area contributed by atoms with Crippen molar-refractivity contribution in [1.29, 1.82) is 0 Å². The number of halogens is 2. The largest absolute Gasteiger partial charge is 0.396 e.